The van der Waals surface area contributed by atoms with Gasteiger partial charge < -0.3 is 5.32 Å². The third-order valence-corrected chi connectivity index (χ3v) is 3.18. The molecule has 0 amide bonds. The molecule has 2 aromatic rings. The van der Waals surface area contributed by atoms with Gasteiger partial charge in [-0.3, -0.25) is 4.79 Å². The first kappa shape index (κ1) is 13.5. The van der Waals surface area contributed by atoms with E-state index in [1.165, 1.54) is 10.2 Å². The van der Waals surface area contributed by atoms with Crippen LogP contribution in [0.5, 0.6) is 0 Å². The monoisotopic (exact) mass is 257 g/mol. The summed E-state index contributed by atoms with van der Waals surface area (Å²) in [6.45, 7) is 4.47. The van der Waals surface area contributed by atoms with Crippen LogP contribution in [-0.2, 0) is 6.54 Å². The summed E-state index contributed by atoms with van der Waals surface area (Å²) in [5.74, 6) is 0. The fourth-order valence-corrected chi connectivity index (χ4v) is 2.02. The van der Waals surface area contributed by atoms with Crippen molar-refractivity contribution in [1.29, 1.82) is 0 Å². The lowest BCUT2D eigenvalue weighted by Crippen LogP contribution is -2.30. The van der Waals surface area contributed by atoms with Crippen LogP contribution in [0.25, 0.3) is 0 Å². The van der Waals surface area contributed by atoms with Crippen molar-refractivity contribution in [3.05, 3.63) is 63.6 Å². The predicted octanol–water partition coefficient (Wildman–Crippen LogP) is 1.82. The van der Waals surface area contributed by atoms with E-state index in [1.54, 1.807) is 12.1 Å². The quantitative estimate of drug-likeness (QED) is 0.909. The number of aryl methyl sites for hydroxylation is 2. The van der Waals surface area contributed by atoms with Crippen molar-refractivity contribution in [2.75, 3.05) is 7.05 Å². The van der Waals surface area contributed by atoms with Gasteiger partial charge in [-0.2, -0.15) is 5.10 Å². The normalized spacial score (nSPS) is 12.4. The first-order chi connectivity index (χ1) is 9.10. The third-order valence-electron chi connectivity index (χ3n) is 3.18. The van der Waals surface area contributed by atoms with Gasteiger partial charge in [0.15, 0.2) is 0 Å². The van der Waals surface area contributed by atoms with E-state index in [-0.39, 0.29) is 11.6 Å². The minimum atomic E-state index is -0.0713. The number of benzene rings is 1. The second-order valence-electron chi connectivity index (χ2n) is 4.75. The maximum absolute atomic E-state index is 11.8. The molecule has 0 fully saturated rings. The Bertz CT molecular complexity index is 602. The molecule has 100 valence electrons. The fraction of sp³-hybridized carbons (Fsp3) is 0.333. The number of rotatable bonds is 4. The molecule has 0 spiro atoms. The summed E-state index contributed by atoms with van der Waals surface area (Å²) in [6.07, 6.45) is 0. The molecular formula is C15H19N3O. The summed E-state index contributed by atoms with van der Waals surface area (Å²) < 4.78 is 1.51. The Morgan fingerprint density at radius 2 is 1.84 bits per heavy atom. The topological polar surface area (TPSA) is 46.9 Å². The molecule has 1 aromatic carbocycles. The highest BCUT2D eigenvalue weighted by atomic mass is 16.1. The highest BCUT2D eigenvalue weighted by Gasteiger charge is 2.11. The largest absolute Gasteiger partial charge is 0.311 e. The molecule has 1 atom stereocenters. The van der Waals surface area contributed by atoms with Gasteiger partial charge in [0.05, 0.1) is 18.3 Å². The van der Waals surface area contributed by atoms with Crippen LogP contribution >= 0.6 is 0 Å². The van der Waals surface area contributed by atoms with Gasteiger partial charge in [0.2, 0.25) is 0 Å². The Hall–Kier alpha value is -1.94. The molecule has 1 aromatic heterocycles. The summed E-state index contributed by atoms with van der Waals surface area (Å²) in [7, 11) is 1.89. The maximum Gasteiger partial charge on any atom is 0.266 e. The van der Waals surface area contributed by atoms with Gasteiger partial charge in [0.1, 0.15) is 0 Å². The molecule has 1 N–H and O–H groups in total. The van der Waals surface area contributed by atoms with Crippen molar-refractivity contribution in [2.45, 2.75) is 26.4 Å². The molecule has 0 bridgehead atoms. The van der Waals surface area contributed by atoms with Crippen molar-refractivity contribution in [3.63, 3.8) is 0 Å². The highest BCUT2D eigenvalue weighted by molar-refractivity contribution is 5.24. The van der Waals surface area contributed by atoms with E-state index in [0.29, 0.717) is 6.54 Å². The second kappa shape index (κ2) is 5.80. The zero-order valence-electron chi connectivity index (χ0n) is 11.6. The van der Waals surface area contributed by atoms with E-state index in [2.05, 4.69) is 41.6 Å². The average molecular weight is 257 g/mol. The predicted molar refractivity (Wildman–Crippen MR) is 76.2 cm³/mol. The van der Waals surface area contributed by atoms with Crippen LogP contribution in [0, 0.1) is 13.8 Å². The van der Waals surface area contributed by atoms with E-state index in [0.717, 1.165) is 11.3 Å². The molecular weight excluding hydrogens is 238 g/mol. The van der Waals surface area contributed by atoms with Crippen LogP contribution in [0.4, 0.5) is 0 Å². The molecule has 0 radical (unpaired) electrons. The number of aromatic nitrogens is 2. The smallest absolute Gasteiger partial charge is 0.266 e. The minimum absolute atomic E-state index is 0.0713. The highest BCUT2D eigenvalue weighted by Crippen LogP contribution is 2.14. The van der Waals surface area contributed by atoms with Crippen LogP contribution < -0.4 is 10.9 Å². The number of nitrogens with one attached hydrogen (secondary N) is 1. The summed E-state index contributed by atoms with van der Waals surface area (Å²) in [4.78, 5) is 11.8. The number of hydrogen-bond acceptors (Lipinski definition) is 3. The van der Waals surface area contributed by atoms with Gasteiger partial charge in [-0.25, -0.2) is 4.68 Å². The standard InChI is InChI=1S/C15H19N3O/c1-11-4-7-13(8-5-11)14(16-3)10-18-15(19)9-6-12(2)17-18/h4-9,14,16H,10H2,1-3H3. The number of likely N-dealkylation sites (N-methyl/N-ethyl adjacent to an activating group) is 1. The van der Waals surface area contributed by atoms with E-state index >= 15 is 0 Å². The van der Waals surface area contributed by atoms with Crippen LogP contribution in [0.1, 0.15) is 22.9 Å². The van der Waals surface area contributed by atoms with Crippen LogP contribution in [-0.4, -0.2) is 16.8 Å². The van der Waals surface area contributed by atoms with Crippen molar-refractivity contribution in [3.8, 4) is 0 Å². The second-order valence-corrected chi connectivity index (χ2v) is 4.75. The van der Waals surface area contributed by atoms with E-state index in [1.807, 2.05) is 14.0 Å². The fourth-order valence-electron chi connectivity index (χ4n) is 2.02. The van der Waals surface area contributed by atoms with Crippen LogP contribution in [0.2, 0.25) is 0 Å². The van der Waals surface area contributed by atoms with Crippen molar-refractivity contribution in [2.24, 2.45) is 0 Å². The summed E-state index contributed by atoms with van der Waals surface area (Å²) in [5.41, 5.74) is 3.16. The van der Waals surface area contributed by atoms with Gasteiger partial charge >= 0.3 is 0 Å². The van der Waals surface area contributed by atoms with Crippen molar-refractivity contribution >= 4 is 0 Å². The maximum atomic E-state index is 11.8. The lowest BCUT2D eigenvalue weighted by atomic mass is 10.1. The molecule has 2 rings (SSSR count). The molecule has 0 saturated carbocycles. The Kier molecular flexibility index (Phi) is 4.12. The summed E-state index contributed by atoms with van der Waals surface area (Å²) in [5, 5.41) is 7.50. The van der Waals surface area contributed by atoms with E-state index in [4.69, 9.17) is 0 Å². The van der Waals surface area contributed by atoms with E-state index in [9.17, 15) is 4.79 Å². The Morgan fingerprint density at radius 1 is 1.16 bits per heavy atom. The average Bonchev–Trinajstić information content (AvgIpc) is 2.41. The third kappa shape index (κ3) is 3.29. The molecule has 1 unspecified atom stereocenters. The van der Waals surface area contributed by atoms with Gasteiger partial charge in [0, 0.05) is 6.07 Å². The lowest BCUT2D eigenvalue weighted by Gasteiger charge is -2.17. The van der Waals surface area contributed by atoms with E-state index < -0.39 is 0 Å². The van der Waals surface area contributed by atoms with Crippen LogP contribution in [0.15, 0.2) is 41.2 Å². The zero-order chi connectivity index (χ0) is 13.8. The van der Waals surface area contributed by atoms with Gasteiger partial charge in [-0.15, -0.1) is 0 Å². The summed E-state index contributed by atoms with van der Waals surface area (Å²) >= 11 is 0. The van der Waals surface area contributed by atoms with Crippen LogP contribution in [0.3, 0.4) is 0 Å². The van der Waals surface area contributed by atoms with Gasteiger partial charge in [0.25, 0.3) is 5.56 Å². The first-order valence-corrected chi connectivity index (χ1v) is 6.39. The lowest BCUT2D eigenvalue weighted by molar-refractivity contribution is 0.449. The van der Waals surface area contributed by atoms with Crippen molar-refractivity contribution in [1.82, 2.24) is 15.1 Å². The molecule has 0 saturated heterocycles. The number of nitrogens with zero attached hydrogens (tertiary/aromatic N) is 2. The Balaban J connectivity index is 2.26. The molecule has 1 heterocycles. The molecule has 0 aliphatic rings. The number of hydrogen-bond donors (Lipinski definition) is 1. The Morgan fingerprint density at radius 3 is 2.47 bits per heavy atom. The molecule has 0 aliphatic carbocycles. The van der Waals surface area contributed by atoms with Crippen molar-refractivity contribution < 1.29 is 0 Å². The molecule has 4 heteroatoms. The molecule has 19 heavy (non-hydrogen) atoms. The summed E-state index contributed by atoms with van der Waals surface area (Å²) in [6, 6.07) is 11.7. The van der Waals surface area contributed by atoms with Gasteiger partial charge in [-0.05, 0) is 32.5 Å². The van der Waals surface area contributed by atoms with Gasteiger partial charge in [-0.1, -0.05) is 29.8 Å². The SMILES string of the molecule is CNC(Cn1nc(C)ccc1=O)c1ccc(C)cc1. The Labute approximate surface area is 113 Å². The minimum Gasteiger partial charge on any atom is -0.311 e. The molecule has 4 nitrogen and oxygen atoms in total. The molecule has 0 aliphatic heterocycles. The zero-order valence-corrected chi connectivity index (χ0v) is 11.6. The first-order valence-electron chi connectivity index (χ1n) is 6.39.